The molecule has 0 radical (unpaired) electrons. The highest BCUT2D eigenvalue weighted by Crippen LogP contribution is 2.16. The molecule has 1 amide bonds. The third-order valence-corrected chi connectivity index (χ3v) is 2.52. The van der Waals surface area contributed by atoms with Gasteiger partial charge in [0.25, 0.3) is 0 Å². The molecule has 6 nitrogen and oxygen atoms in total. The van der Waals surface area contributed by atoms with Crippen LogP contribution in [0, 0.1) is 5.92 Å². The number of β-amino-alcohol motifs (C(OH)–C–C–N with tert-alkyl or cyclic N) is 1. The van der Waals surface area contributed by atoms with Crippen molar-refractivity contribution in [1.29, 1.82) is 0 Å². The van der Waals surface area contributed by atoms with E-state index in [9.17, 15) is 19.5 Å². The molecule has 0 bridgehead atoms. The van der Waals surface area contributed by atoms with E-state index < -0.39 is 29.7 Å². The zero-order valence-electron chi connectivity index (χ0n) is 10.0. The Balaban J connectivity index is 2.76. The lowest BCUT2D eigenvalue weighted by molar-refractivity contribution is -0.161. The first kappa shape index (κ1) is 13.6. The van der Waals surface area contributed by atoms with Gasteiger partial charge in [-0.1, -0.05) is 0 Å². The highest BCUT2D eigenvalue weighted by Gasteiger charge is 2.41. The van der Waals surface area contributed by atoms with Crippen molar-refractivity contribution in [3.63, 3.8) is 0 Å². The summed E-state index contributed by atoms with van der Waals surface area (Å²) < 4.78 is 4.71. The van der Waals surface area contributed by atoms with E-state index in [1.54, 1.807) is 13.8 Å². The first-order valence-electron chi connectivity index (χ1n) is 5.63. The molecule has 6 heteroatoms. The molecule has 2 atom stereocenters. The smallest absolute Gasteiger partial charge is 0.326 e. The lowest BCUT2D eigenvalue weighted by atomic mass is 9.95. The molecule has 0 aromatic heterocycles. The number of nitrogens with zero attached hydrogens (tertiary/aromatic N) is 1. The van der Waals surface area contributed by atoms with Crippen molar-refractivity contribution in [3.8, 4) is 0 Å². The summed E-state index contributed by atoms with van der Waals surface area (Å²) in [5.41, 5.74) is 0. The van der Waals surface area contributed by atoms with Crippen LogP contribution in [0.15, 0.2) is 0 Å². The monoisotopic (exact) mass is 243 g/mol. The predicted octanol–water partition coefficient (Wildman–Crippen LogP) is -0.652. The van der Waals surface area contributed by atoms with Crippen LogP contribution in [0.4, 0.5) is 0 Å². The molecule has 1 aliphatic rings. The van der Waals surface area contributed by atoms with Gasteiger partial charge in [-0.3, -0.25) is 14.4 Å². The number of esters is 1. The molecule has 1 N–H and O–H groups in total. The van der Waals surface area contributed by atoms with Crippen molar-refractivity contribution in [2.45, 2.75) is 26.4 Å². The molecule has 0 aliphatic carbocycles. The van der Waals surface area contributed by atoms with E-state index in [2.05, 4.69) is 0 Å². The number of Topliss-reactive ketones (excluding diaryl/α,β-unsaturated/α-hetero) is 1. The molecule has 1 heterocycles. The van der Waals surface area contributed by atoms with Crippen molar-refractivity contribution in [2.75, 3.05) is 19.7 Å². The summed E-state index contributed by atoms with van der Waals surface area (Å²) >= 11 is 0. The fraction of sp³-hybridized carbons (Fsp3) is 0.727. The second-order valence-electron chi connectivity index (χ2n) is 4.03. The molecule has 0 saturated carbocycles. The van der Waals surface area contributed by atoms with Crippen LogP contribution in [0.2, 0.25) is 0 Å². The molecular weight excluding hydrogens is 226 g/mol. The van der Waals surface area contributed by atoms with Crippen molar-refractivity contribution in [2.24, 2.45) is 5.92 Å². The van der Waals surface area contributed by atoms with Crippen LogP contribution >= 0.6 is 0 Å². The van der Waals surface area contributed by atoms with Crippen LogP contribution in [-0.4, -0.2) is 53.5 Å². The molecule has 0 aromatic rings. The Bertz CT molecular complexity index is 326. The van der Waals surface area contributed by atoms with Gasteiger partial charge in [-0.25, -0.2) is 0 Å². The Kier molecular flexibility index (Phi) is 4.62. The summed E-state index contributed by atoms with van der Waals surface area (Å²) in [4.78, 5) is 36.2. The summed E-state index contributed by atoms with van der Waals surface area (Å²) in [5, 5.41) is 9.22. The maximum atomic E-state index is 11.9. The van der Waals surface area contributed by atoms with Gasteiger partial charge < -0.3 is 14.7 Å². The van der Waals surface area contributed by atoms with Crippen LogP contribution in [-0.2, 0) is 19.1 Å². The second kappa shape index (κ2) is 5.77. The molecule has 17 heavy (non-hydrogen) atoms. The van der Waals surface area contributed by atoms with Gasteiger partial charge in [-0.15, -0.1) is 0 Å². The largest absolute Gasteiger partial charge is 0.465 e. The van der Waals surface area contributed by atoms with E-state index in [-0.39, 0.29) is 26.1 Å². The highest BCUT2D eigenvalue weighted by molar-refractivity contribution is 6.17. The van der Waals surface area contributed by atoms with E-state index in [4.69, 9.17) is 4.74 Å². The zero-order chi connectivity index (χ0) is 13.0. The number of carbonyl (C=O) groups is 3. The maximum absolute atomic E-state index is 11.9. The number of rotatable bonds is 4. The Morgan fingerprint density at radius 3 is 2.76 bits per heavy atom. The van der Waals surface area contributed by atoms with Crippen LogP contribution < -0.4 is 0 Å². The lowest BCUT2D eigenvalue weighted by Crippen LogP contribution is -2.51. The average Bonchev–Trinajstić information content (AvgIpc) is 2.22. The average molecular weight is 243 g/mol. The van der Waals surface area contributed by atoms with E-state index >= 15 is 0 Å². The van der Waals surface area contributed by atoms with Gasteiger partial charge in [0.1, 0.15) is 0 Å². The van der Waals surface area contributed by atoms with Crippen LogP contribution in [0.25, 0.3) is 0 Å². The minimum Gasteiger partial charge on any atom is -0.465 e. The number of aliphatic hydroxyl groups is 1. The third kappa shape index (κ3) is 3.26. The third-order valence-electron chi connectivity index (χ3n) is 2.52. The zero-order valence-corrected chi connectivity index (χ0v) is 10.0. The second-order valence-corrected chi connectivity index (χ2v) is 4.03. The summed E-state index contributed by atoms with van der Waals surface area (Å²) in [6, 6.07) is 0. The number of aliphatic hydroxyl groups excluding tert-OH is 1. The quantitative estimate of drug-likeness (QED) is 0.524. The summed E-state index contributed by atoms with van der Waals surface area (Å²) in [5.74, 6) is -3.11. The van der Waals surface area contributed by atoms with Gasteiger partial charge in [0.05, 0.1) is 12.7 Å². The summed E-state index contributed by atoms with van der Waals surface area (Å²) in [7, 11) is 0. The molecule has 1 fully saturated rings. The SMILES string of the molecule is CCOC(=O)[C@@H]1C(=O)CCN(C[C@@H](C)O)C1=O. The molecule has 0 spiro atoms. The number of hydrogen-bond donors (Lipinski definition) is 1. The van der Waals surface area contributed by atoms with Crippen LogP contribution in [0.1, 0.15) is 20.3 Å². The van der Waals surface area contributed by atoms with E-state index in [1.807, 2.05) is 0 Å². The topological polar surface area (TPSA) is 83.9 Å². The Morgan fingerprint density at radius 2 is 2.24 bits per heavy atom. The Hall–Kier alpha value is -1.43. The van der Waals surface area contributed by atoms with Gasteiger partial charge >= 0.3 is 5.97 Å². The number of ether oxygens (including phenoxy) is 1. The molecule has 96 valence electrons. The predicted molar refractivity (Wildman–Crippen MR) is 58.0 cm³/mol. The van der Waals surface area contributed by atoms with Crippen molar-refractivity contribution >= 4 is 17.7 Å². The maximum Gasteiger partial charge on any atom is 0.326 e. The van der Waals surface area contributed by atoms with Crippen molar-refractivity contribution in [1.82, 2.24) is 4.90 Å². The summed E-state index contributed by atoms with van der Waals surface area (Å²) in [6.45, 7) is 3.67. The minimum absolute atomic E-state index is 0.127. The number of carbonyl (C=O) groups excluding carboxylic acids is 3. The van der Waals surface area contributed by atoms with E-state index in [0.29, 0.717) is 0 Å². The fourth-order valence-corrected chi connectivity index (χ4v) is 1.78. The molecule has 1 rings (SSSR count). The van der Waals surface area contributed by atoms with Crippen LogP contribution in [0.5, 0.6) is 0 Å². The van der Waals surface area contributed by atoms with Crippen LogP contribution in [0.3, 0.4) is 0 Å². The standard InChI is InChI=1S/C11H17NO5/c1-3-17-11(16)9-8(14)4-5-12(10(9)15)6-7(2)13/h7,9,13H,3-6H2,1-2H3/t7-,9-/m1/s1. The molecule has 0 aromatic carbocycles. The van der Waals surface area contributed by atoms with Gasteiger partial charge in [-0.05, 0) is 13.8 Å². The van der Waals surface area contributed by atoms with Crippen molar-refractivity contribution < 1.29 is 24.2 Å². The summed E-state index contributed by atoms with van der Waals surface area (Å²) in [6.07, 6.45) is -0.558. The number of likely N-dealkylation sites (tertiary alicyclic amines) is 1. The van der Waals surface area contributed by atoms with Crippen molar-refractivity contribution in [3.05, 3.63) is 0 Å². The lowest BCUT2D eigenvalue weighted by Gasteiger charge is -2.31. The van der Waals surface area contributed by atoms with E-state index in [1.165, 1.54) is 4.90 Å². The first-order valence-corrected chi connectivity index (χ1v) is 5.63. The van der Waals surface area contributed by atoms with Gasteiger partial charge in [0, 0.05) is 19.5 Å². The minimum atomic E-state index is -1.34. The normalized spacial score (nSPS) is 22.5. The fourth-order valence-electron chi connectivity index (χ4n) is 1.78. The first-order chi connectivity index (χ1) is 7.97. The molecular formula is C11H17NO5. The number of piperidine rings is 1. The number of hydrogen-bond acceptors (Lipinski definition) is 5. The molecule has 1 saturated heterocycles. The highest BCUT2D eigenvalue weighted by atomic mass is 16.5. The van der Waals surface area contributed by atoms with Gasteiger partial charge in [0.15, 0.2) is 11.7 Å². The molecule has 0 unspecified atom stereocenters. The van der Waals surface area contributed by atoms with E-state index in [0.717, 1.165) is 0 Å². The van der Waals surface area contributed by atoms with Gasteiger partial charge in [0.2, 0.25) is 5.91 Å². The Morgan fingerprint density at radius 1 is 1.59 bits per heavy atom. The molecule has 1 aliphatic heterocycles. The Labute approximate surface area is 99.5 Å². The number of amides is 1. The number of ketones is 1. The van der Waals surface area contributed by atoms with Gasteiger partial charge in [-0.2, -0.15) is 0 Å².